The number of hydrogen-bond donors (Lipinski definition) is 1. The van der Waals surface area contributed by atoms with E-state index in [4.69, 9.17) is 33.7 Å². The number of ether oxygens (including phenoxy) is 1. The number of hydrogen-bond acceptors (Lipinski definition) is 2. The van der Waals surface area contributed by atoms with Gasteiger partial charge in [0.05, 0.1) is 0 Å². The molecule has 3 rings (SSSR count). The van der Waals surface area contributed by atoms with Crippen molar-refractivity contribution in [3.05, 3.63) is 63.6 Å². The van der Waals surface area contributed by atoms with E-state index in [0.29, 0.717) is 16.5 Å². The van der Waals surface area contributed by atoms with Gasteiger partial charge >= 0.3 is 0 Å². The lowest BCUT2D eigenvalue weighted by molar-refractivity contribution is 0.161. The molecule has 2 N–H and O–H groups in total. The first-order valence-corrected chi connectivity index (χ1v) is 6.86. The van der Waals surface area contributed by atoms with E-state index in [1.807, 2.05) is 36.4 Å². The van der Waals surface area contributed by atoms with Gasteiger partial charge in [0.2, 0.25) is 0 Å². The number of rotatable bonds is 1. The average molecular weight is 294 g/mol. The molecule has 0 fully saturated rings. The van der Waals surface area contributed by atoms with Crippen LogP contribution in [0, 0.1) is 0 Å². The Morgan fingerprint density at radius 3 is 2.47 bits per heavy atom. The van der Waals surface area contributed by atoms with E-state index in [2.05, 4.69) is 0 Å². The highest BCUT2D eigenvalue weighted by Gasteiger charge is 2.27. The molecule has 0 saturated heterocycles. The summed E-state index contributed by atoms with van der Waals surface area (Å²) in [5, 5.41) is 1.22. The van der Waals surface area contributed by atoms with Crippen LogP contribution in [0.4, 0.5) is 0 Å². The van der Waals surface area contributed by atoms with Gasteiger partial charge in [-0.15, -0.1) is 0 Å². The Kier molecular flexibility index (Phi) is 3.40. The maximum absolute atomic E-state index is 6.20. The van der Waals surface area contributed by atoms with Crippen LogP contribution in [0.25, 0.3) is 0 Å². The molecular formula is C15H13Cl2NO. The molecule has 1 unspecified atom stereocenters. The van der Waals surface area contributed by atoms with Gasteiger partial charge in [-0.1, -0.05) is 41.4 Å². The number of nitrogens with two attached hydrogens (primary N) is 1. The van der Waals surface area contributed by atoms with Crippen LogP contribution in [0.3, 0.4) is 0 Å². The fourth-order valence-electron chi connectivity index (χ4n) is 2.42. The summed E-state index contributed by atoms with van der Waals surface area (Å²) >= 11 is 12.1. The van der Waals surface area contributed by atoms with Gasteiger partial charge in [-0.3, -0.25) is 0 Å². The fraction of sp³-hybridized carbons (Fsp3) is 0.200. The summed E-state index contributed by atoms with van der Waals surface area (Å²) in [6, 6.07) is 13.3. The molecule has 0 saturated carbocycles. The number of benzene rings is 2. The van der Waals surface area contributed by atoms with Gasteiger partial charge in [0.15, 0.2) is 0 Å². The number of para-hydroxylation sites is 1. The van der Waals surface area contributed by atoms with Gasteiger partial charge < -0.3 is 10.5 Å². The predicted molar refractivity (Wildman–Crippen MR) is 77.8 cm³/mol. The Bertz CT molecular complexity index is 595. The summed E-state index contributed by atoms with van der Waals surface area (Å²) in [4.78, 5) is 0. The van der Waals surface area contributed by atoms with Crippen LogP contribution in [0.2, 0.25) is 10.0 Å². The highest BCUT2D eigenvalue weighted by molar-refractivity contribution is 6.34. The van der Waals surface area contributed by atoms with Crippen LogP contribution in [-0.2, 0) is 0 Å². The summed E-state index contributed by atoms with van der Waals surface area (Å²) in [6.45, 7) is 0. The van der Waals surface area contributed by atoms with Crippen molar-refractivity contribution < 1.29 is 4.74 Å². The quantitative estimate of drug-likeness (QED) is 0.839. The molecule has 0 amide bonds. The second-order valence-electron chi connectivity index (χ2n) is 4.69. The second-order valence-corrected chi connectivity index (χ2v) is 5.56. The van der Waals surface area contributed by atoms with E-state index >= 15 is 0 Å². The van der Waals surface area contributed by atoms with Crippen molar-refractivity contribution in [2.45, 2.75) is 18.6 Å². The first kappa shape index (κ1) is 12.8. The predicted octanol–water partition coefficient (Wildman–Crippen LogP) is 4.52. The van der Waals surface area contributed by atoms with Crippen molar-refractivity contribution in [2.24, 2.45) is 5.73 Å². The standard InChI is InChI=1S/C15H13Cl2NO/c16-10-5-9(6-11(17)7-10)15-8-13(18)12-3-1-2-4-14(12)19-15/h1-7,13,15H,8,18H2/t13-,15?/m0/s1. The molecule has 19 heavy (non-hydrogen) atoms. The molecule has 2 nitrogen and oxygen atoms in total. The summed E-state index contributed by atoms with van der Waals surface area (Å²) in [7, 11) is 0. The third-order valence-corrected chi connectivity index (χ3v) is 3.75. The van der Waals surface area contributed by atoms with Crippen LogP contribution < -0.4 is 10.5 Å². The number of halogens is 2. The third-order valence-electron chi connectivity index (χ3n) is 3.31. The molecule has 2 atom stereocenters. The van der Waals surface area contributed by atoms with Crippen molar-refractivity contribution in [1.82, 2.24) is 0 Å². The Morgan fingerprint density at radius 2 is 1.74 bits per heavy atom. The Morgan fingerprint density at radius 1 is 1.05 bits per heavy atom. The largest absolute Gasteiger partial charge is 0.485 e. The summed E-state index contributed by atoms with van der Waals surface area (Å²) < 4.78 is 6.00. The molecule has 0 bridgehead atoms. The smallest absolute Gasteiger partial charge is 0.126 e. The van der Waals surface area contributed by atoms with Gasteiger partial charge in [0.1, 0.15) is 11.9 Å². The Labute approximate surface area is 122 Å². The molecular weight excluding hydrogens is 281 g/mol. The second kappa shape index (κ2) is 5.04. The third kappa shape index (κ3) is 2.57. The molecule has 98 valence electrons. The van der Waals surface area contributed by atoms with Crippen molar-refractivity contribution in [3.63, 3.8) is 0 Å². The minimum atomic E-state index is -0.110. The summed E-state index contributed by atoms with van der Waals surface area (Å²) in [5.41, 5.74) is 8.21. The monoisotopic (exact) mass is 293 g/mol. The Hall–Kier alpha value is -1.22. The maximum Gasteiger partial charge on any atom is 0.126 e. The van der Waals surface area contributed by atoms with Crippen LogP contribution >= 0.6 is 23.2 Å². The van der Waals surface area contributed by atoms with Gasteiger partial charge in [0.25, 0.3) is 0 Å². The van der Waals surface area contributed by atoms with Crippen molar-refractivity contribution in [3.8, 4) is 5.75 Å². The zero-order chi connectivity index (χ0) is 13.4. The molecule has 2 aromatic rings. The fourth-order valence-corrected chi connectivity index (χ4v) is 2.96. The van der Waals surface area contributed by atoms with E-state index in [1.54, 1.807) is 6.07 Å². The lowest BCUT2D eigenvalue weighted by atomic mass is 9.94. The van der Waals surface area contributed by atoms with Crippen LogP contribution in [0.1, 0.15) is 29.7 Å². The molecule has 1 aliphatic rings. The minimum absolute atomic E-state index is 0.0345. The normalized spacial score (nSPS) is 21.6. The van der Waals surface area contributed by atoms with E-state index in [1.165, 1.54) is 0 Å². The highest BCUT2D eigenvalue weighted by atomic mass is 35.5. The first-order valence-electron chi connectivity index (χ1n) is 6.10. The topological polar surface area (TPSA) is 35.2 Å². The van der Waals surface area contributed by atoms with Crippen molar-refractivity contribution in [1.29, 1.82) is 0 Å². The van der Waals surface area contributed by atoms with Crippen LogP contribution in [0.5, 0.6) is 5.75 Å². The molecule has 0 spiro atoms. The van der Waals surface area contributed by atoms with Crippen LogP contribution in [-0.4, -0.2) is 0 Å². The SMILES string of the molecule is N[C@H]1CC(c2cc(Cl)cc(Cl)c2)Oc2ccccc21. The molecule has 1 heterocycles. The maximum atomic E-state index is 6.20. The number of fused-ring (bicyclic) bond motifs is 1. The van der Waals surface area contributed by atoms with Gasteiger partial charge in [0, 0.05) is 28.1 Å². The zero-order valence-corrected chi connectivity index (χ0v) is 11.7. The Balaban J connectivity index is 1.96. The van der Waals surface area contributed by atoms with Crippen LogP contribution in [0.15, 0.2) is 42.5 Å². The van der Waals surface area contributed by atoms with E-state index in [-0.39, 0.29) is 12.1 Å². The van der Waals surface area contributed by atoms with Gasteiger partial charge in [-0.05, 0) is 29.8 Å². The zero-order valence-electron chi connectivity index (χ0n) is 10.1. The summed E-state index contributed by atoms with van der Waals surface area (Å²) in [5.74, 6) is 0.836. The minimum Gasteiger partial charge on any atom is -0.485 e. The molecule has 0 aliphatic carbocycles. The van der Waals surface area contributed by atoms with Gasteiger partial charge in [-0.25, -0.2) is 0 Å². The van der Waals surface area contributed by atoms with E-state index in [9.17, 15) is 0 Å². The van der Waals surface area contributed by atoms with Crippen molar-refractivity contribution in [2.75, 3.05) is 0 Å². The molecule has 0 radical (unpaired) electrons. The molecule has 2 aromatic carbocycles. The first-order chi connectivity index (χ1) is 9.13. The van der Waals surface area contributed by atoms with E-state index in [0.717, 1.165) is 16.9 Å². The lowest BCUT2D eigenvalue weighted by Crippen LogP contribution is -2.24. The molecule has 0 aromatic heterocycles. The highest BCUT2D eigenvalue weighted by Crippen LogP contribution is 2.40. The van der Waals surface area contributed by atoms with Crippen molar-refractivity contribution >= 4 is 23.2 Å². The average Bonchev–Trinajstić information content (AvgIpc) is 2.37. The molecule has 4 heteroatoms. The van der Waals surface area contributed by atoms with Gasteiger partial charge in [-0.2, -0.15) is 0 Å². The van der Waals surface area contributed by atoms with E-state index < -0.39 is 0 Å². The summed E-state index contributed by atoms with van der Waals surface area (Å²) in [6.07, 6.45) is 0.606. The molecule has 1 aliphatic heterocycles. The lowest BCUT2D eigenvalue weighted by Gasteiger charge is -2.30.